The van der Waals surface area contributed by atoms with Crippen LogP contribution in [0, 0.1) is 0 Å². The summed E-state index contributed by atoms with van der Waals surface area (Å²) in [5.74, 6) is 0. The maximum absolute atomic E-state index is 13.5. The van der Waals surface area contributed by atoms with Gasteiger partial charge in [-0.1, -0.05) is 67.2 Å². The summed E-state index contributed by atoms with van der Waals surface area (Å²) in [5, 5.41) is 0.221. The lowest BCUT2D eigenvalue weighted by Gasteiger charge is -2.29. The highest BCUT2D eigenvalue weighted by molar-refractivity contribution is 9.10. The fourth-order valence-electron chi connectivity index (χ4n) is 2.22. The third kappa shape index (κ3) is 5.76. The number of hydrogen-bond donors (Lipinski definition) is 0. The Morgan fingerprint density at radius 2 is 1.04 bits per heavy atom. The van der Waals surface area contributed by atoms with Crippen molar-refractivity contribution in [1.29, 1.82) is 0 Å². The second-order valence-corrected chi connectivity index (χ2v) is 7.89. The Hall–Kier alpha value is -0.480. The van der Waals surface area contributed by atoms with E-state index < -0.39 is 35.7 Å². The van der Waals surface area contributed by atoms with Gasteiger partial charge < -0.3 is 4.74 Å². The zero-order valence-corrected chi connectivity index (χ0v) is 17.5. The monoisotopic (exact) mass is 558 g/mol. The molecule has 0 aliphatic rings. The average Bonchev–Trinajstić information content (AvgIpc) is 2.48. The van der Waals surface area contributed by atoms with Gasteiger partial charge in [0, 0.05) is 30.1 Å². The minimum Gasteiger partial charge on any atom is -0.346 e. The van der Waals surface area contributed by atoms with E-state index in [1.165, 1.54) is 0 Å². The molecular weight excluding hydrogens is 553 g/mol. The van der Waals surface area contributed by atoms with Gasteiger partial charge in [-0.25, -0.2) is 0 Å². The SMILES string of the molecule is FC(F)(F)C(OC(c1ccc(Cl)cc1Br)C(F)(F)F)c1ccc(Cl)cc1Br. The molecule has 0 amide bonds. The fraction of sp³-hybridized carbons (Fsp3) is 0.250. The highest BCUT2D eigenvalue weighted by atomic mass is 79.9. The van der Waals surface area contributed by atoms with Gasteiger partial charge in [0.25, 0.3) is 0 Å². The van der Waals surface area contributed by atoms with Gasteiger partial charge in [-0.15, -0.1) is 0 Å². The Labute approximate surface area is 176 Å². The van der Waals surface area contributed by atoms with Crippen LogP contribution in [0.4, 0.5) is 26.3 Å². The first-order chi connectivity index (χ1) is 12.3. The molecule has 0 aromatic heterocycles. The maximum atomic E-state index is 13.5. The molecule has 0 fully saturated rings. The maximum Gasteiger partial charge on any atom is 0.418 e. The predicted molar refractivity (Wildman–Crippen MR) is 97.0 cm³/mol. The number of rotatable bonds is 4. The first-order valence-corrected chi connectivity index (χ1v) is 9.33. The van der Waals surface area contributed by atoms with E-state index in [4.69, 9.17) is 23.2 Å². The van der Waals surface area contributed by atoms with Crippen molar-refractivity contribution in [2.75, 3.05) is 0 Å². The molecule has 0 N–H and O–H groups in total. The molecule has 0 aliphatic heterocycles. The molecule has 0 saturated heterocycles. The topological polar surface area (TPSA) is 9.23 Å². The Morgan fingerprint density at radius 1 is 0.704 bits per heavy atom. The molecule has 0 spiro atoms. The van der Waals surface area contributed by atoms with Crippen LogP contribution in [0.1, 0.15) is 23.3 Å². The van der Waals surface area contributed by atoms with Crippen LogP contribution in [0.15, 0.2) is 45.3 Å². The van der Waals surface area contributed by atoms with Crippen LogP contribution in [0.5, 0.6) is 0 Å². The lowest BCUT2D eigenvalue weighted by Crippen LogP contribution is -2.32. The van der Waals surface area contributed by atoms with E-state index in [0.29, 0.717) is 0 Å². The molecule has 0 saturated carbocycles. The standard InChI is InChI=1S/C16H8Br2Cl2F6O/c17-11-5-7(19)1-3-9(11)13(15(21,22)23)27-14(16(24,25)26)10-4-2-8(20)6-12(10)18/h1-6,13-14H. The summed E-state index contributed by atoms with van der Waals surface area (Å²) in [6, 6.07) is 6.44. The van der Waals surface area contributed by atoms with Gasteiger partial charge in [-0.3, -0.25) is 0 Å². The summed E-state index contributed by atoms with van der Waals surface area (Å²) < 4.78 is 85.6. The zero-order valence-electron chi connectivity index (χ0n) is 12.8. The van der Waals surface area contributed by atoms with Crippen LogP contribution >= 0.6 is 55.1 Å². The molecule has 11 heteroatoms. The third-order valence-electron chi connectivity index (χ3n) is 3.36. The molecule has 1 nitrogen and oxygen atoms in total. The van der Waals surface area contributed by atoms with Gasteiger partial charge in [-0.05, 0) is 24.3 Å². The van der Waals surface area contributed by atoms with Crippen molar-refractivity contribution in [3.8, 4) is 0 Å². The minimum atomic E-state index is -5.11. The van der Waals surface area contributed by atoms with Crippen LogP contribution in [-0.4, -0.2) is 12.4 Å². The van der Waals surface area contributed by atoms with E-state index >= 15 is 0 Å². The number of hydrogen-bond acceptors (Lipinski definition) is 1. The van der Waals surface area contributed by atoms with Gasteiger partial charge in [0.1, 0.15) is 0 Å². The smallest absolute Gasteiger partial charge is 0.346 e. The largest absolute Gasteiger partial charge is 0.418 e. The molecule has 2 atom stereocenters. The summed E-state index contributed by atoms with van der Waals surface area (Å²) in [5.41, 5.74) is -1.07. The normalized spacial score (nSPS) is 14.9. The van der Waals surface area contributed by atoms with Crippen LogP contribution in [0.3, 0.4) is 0 Å². The summed E-state index contributed by atoms with van der Waals surface area (Å²) >= 11 is 17.2. The van der Waals surface area contributed by atoms with Crippen molar-refractivity contribution in [3.63, 3.8) is 0 Å². The van der Waals surface area contributed by atoms with E-state index in [0.717, 1.165) is 36.4 Å². The molecule has 148 valence electrons. The summed E-state index contributed by atoms with van der Waals surface area (Å²) in [7, 11) is 0. The average molecular weight is 561 g/mol. The van der Waals surface area contributed by atoms with Crippen molar-refractivity contribution in [2.45, 2.75) is 24.6 Å². The lowest BCUT2D eigenvalue weighted by atomic mass is 10.1. The van der Waals surface area contributed by atoms with Gasteiger partial charge in [0.05, 0.1) is 0 Å². The lowest BCUT2D eigenvalue weighted by molar-refractivity contribution is -0.292. The van der Waals surface area contributed by atoms with Crippen LogP contribution < -0.4 is 0 Å². The highest BCUT2D eigenvalue weighted by Gasteiger charge is 2.51. The molecule has 27 heavy (non-hydrogen) atoms. The van der Waals surface area contributed by atoms with Crippen molar-refractivity contribution in [1.82, 2.24) is 0 Å². The number of benzene rings is 2. The first-order valence-electron chi connectivity index (χ1n) is 6.99. The molecule has 0 heterocycles. The second-order valence-electron chi connectivity index (χ2n) is 5.31. The third-order valence-corrected chi connectivity index (χ3v) is 5.20. The van der Waals surface area contributed by atoms with Crippen molar-refractivity contribution in [3.05, 3.63) is 66.5 Å². The van der Waals surface area contributed by atoms with Crippen molar-refractivity contribution in [2.24, 2.45) is 0 Å². The molecule has 0 radical (unpaired) electrons. The van der Waals surface area contributed by atoms with Gasteiger partial charge in [0.2, 0.25) is 0 Å². The highest BCUT2D eigenvalue weighted by Crippen LogP contribution is 2.48. The van der Waals surface area contributed by atoms with Gasteiger partial charge in [-0.2, -0.15) is 26.3 Å². The summed E-state index contributed by atoms with van der Waals surface area (Å²) in [6.07, 6.45) is -15.9. The molecular formula is C16H8Br2Cl2F6O. The Morgan fingerprint density at radius 3 is 1.30 bits per heavy atom. The van der Waals surface area contributed by atoms with Crippen LogP contribution in [0.25, 0.3) is 0 Å². The van der Waals surface area contributed by atoms with E-state index in [1.54, 1.807) is 0 Å². The molecule has 2 unspecified atom stereocenters. The van der Waals surface area contributed by atoms with Gasteiger partial charge in [0.15, 0.2) is 12.2 Å². The minimum absolute atomic E-state index is 0.111. The van der Waals surface area contributed by atoms with E-state index in [2.05, 4.69) is 36.6 Å². The van der Waals surface area contributed by atoms with Crippen molar-refractivity contribution < 1.29 is 31.1 Å². The first kappa shape index (κ1) is 22.8. The van der Waals surface area contributed by atoms with E-state index in [-0.39, 0.29) is 19.0 Å². The summed E-state index contributed by atoms with van der Waals surface area (Å²) in [6.45, 7) is 0. The van der Waals surface area contributed by atoms with Crippen molar-refractivity contribution >= 4 is 55.1 Å². The Balaban J connectivity index is 2.54. The molecule has 2 rings (SSSR count). The molecule has 2 aromatic rings. The molecule has 2 aromatic carbocycles. The molecule has 0 bridgehead atoms. The quantitative estimate of drug-likeness (QED) is 0.341. The fourth-order valence-corrected chi connectivity index (χ4v) is 4.00. The van der Waals surface area contributed by atoms with E-state index in [1.807, 2.05) is 0 Å². The number of ether oxygens (including phenoxy) is 1. The number of alkyl halides is 6. The number of halogens is 10. The predicted octanol–water partition coefficient (Wildman–Crippen LogP) is 8.44. The van der Waals surface area contributed by atoms with Crippen LogP contribution in [-0.2, 0) is 4.74 Å². The summed E-state index contributed by atoms with van der Waals surface area (Å²) in [4.78, 5) is 0. The second kappa shape index (κ2) is 8.49. The van der Waals surface area contributed by atoms with Gasteiger partial charge >= 0.3 is 12.4 Å². The van der Waals surface area contributed by atoms with E-state index in [9.17, 15) is 26.3 Å². The van der Waals surface area contributed by atoms with Crippen LogP contribution in [0.2, 0.25) is 10.0 Å². The Bertz CT molecular complexity index is 758. The Kier molecular flexibility index (Phi) is 7.17. The zero-order chi connectivity index (χ0) is 20.6. The molecule has 0 aliphatic carbocycles.